The molecule has 0 bridgehead atoms. The van der Waals surface area contributed by atoms with Gasteiger partial charge in [-0.2, -0.15) is 0 Å². The lowest BCUT2D eigenvalue weighted by Crippen LogP contribution is -2.32. The van der Waals surface area contributed by atoms with Crippen LogP contribution in [0.25, 0.3) is 0 Å². The summed E-state index contributed by atoms with van der Waals surface area (Å²) in [6.07, 6.45) is 1.67. The van der Waals surface area contributed by atoms with E-state index in [2.05, 4.69) is 10.3 Å². The van der Waals surface area contributed by atoms with E-state index in [4.69, 9.17) is 0 Å². The second-order valence-electron chi connectivity index (χ2n) is 4.81. The zero-order valence-electron chi connectivity index (χ0n) is 10.0. The summed E-state index contributed by atoms with van der Waals surface area (Å²) in [6, 6.07) is 0. The van der Waals surface area contributed by atoms with Crippen LogP contribution < -0.4 is 5.32 Å². The minimum atomic E-state index is -2.44. The number of halogens is 2. The average Bonchev–Trinajstić information content (AvgIpc) is 2.63. The van der Waals surface area contributed by atoms with Crippen molar-refractivity contribution in [3.8, 4) is 0 Å². The molecule has 0 amide bonds. The van der Waals surface area contributed by atoms with E-state index >= 15 is 0 Å². The topological polar surface area (TPSA) is 24.9 Å². The minimum absolute atomic E-state index is 0.0378. The van der Waals surface area contributed by atoms with Crippen LogP contribution in [-0.2, 0) is 6.54 Å². The second-order valence-corrected chi connectivity index (χ2v) is 5.87. The third kappa shape index (κ3) is 4.00. The quantitative estimate of drug-likeness (QED) is 0.898. The molecular weight excluding hydrogens is 242 g/mol. The van der Waals surface area contributed by atoms with Crippen molar-refractivity contribution in [2.75, 3.05) is 6.54 Å². The highest BCUT2D eigenvalue weighted by atomic mass is 32.1. The van der Waals surface area contributed by atoms with Crippen molar-refractivity contribution < 1.29 is 8.78 Å². The third-order valence-electron chi connectivity index (χ3n) is 3.15. The largest absolute Gasteiger partial charge is 0.311 e. The predicted octanol–water partition coefficient (Wildman–Crippen LogP) is 3.37. The van der Waals surface area contributed by atoms with Gasteiger partial charge in [0, 0.05) is 24.8 Å². The van der Waals surface area contributed by atoms with E-state index in [0.717, 1.165) is 17.1 Å². The van der Waals surface area contributed by atoms with Crippen molar-refractivity contribution in [1.82, 2.24) is 10.3 Å². The molecule has 17 heavy (non-hydrogen) atoms. The van der Waals surface area contributed by atoms with Crippen LogP contribution in [0.3, 0.4) is 0 Å². The van der Waals surface area contributed by atoms with Gasteiger partial charge in [-0.05, 0) is 32.2 Å². The van der Waals surface area contributed by atoms with Crippen LogP contribution in [0.1, 0.15) is 36.4 Å². The first-order chi connectivity index (χ1) is 8.05. The molecule has 0 aliphatic heterocycles. The van der Waals surface area contributed by atoms with Crippen LogP contribution in [0.15, 0.2) is 5.38 Å². The Balaban J connectivity index is 1.71. The highest BCUT2D eigenvalue weighted by Crippen LogP contribution is 2.36. The number of nitrogens with one attached hydrogen (secondary N) is 1. The van der Waals surface area contributed by atoms with Crippen molar-refractivity contribution in [1.29, 1.82) is 0 Å². The molecule has 2 rings (SSSR count). The monoisotopic (exact) mass is 260 g/mol. The molecular formula is C12H18F2N2S. The van der Waals surface area contributed by atoms with E-state index in [-0.39, 0.29) is 18.8 Å². The Bertz CT molecular complexity index is 365. The zero-order valence-corrected chi connectivity index (χ0v) is 10.8. The van der Waals surface area contributed by atoms with Gasteiger partial charge in [0.1, 0.15) is 0 Å². The Morgan fingerprint density at radius 1 is 1.59 bits per heavy atom. The van der Waals surface area contributed by atoms with Crippen LogP contribution in [-0.4, -0.2) is 17.5 Å². The van der Waals surface area contributed by atoms with Gasteiger partial charge in [-0.3, -0.25) is 0 Å². The number of rotatable bonds is 4. The SMILES string of the molecule is Cc1nc(CNCC2CCCC(F)(F)C2)cs1. The Morgan fingerprint density at radius 3 is 3.06 bits per heavy atom. The van der Waals surface area contributed by atoms with Gasteiger partial charge >= 0.3 is 0 Å². The molecule has 5 heteroatoms. The van der Waals surface area contributed by atoms with Crippen LogP contribution in [0.5, 0.6) is 0 Å². The molecule has 1 N–H and O–H groups in total. The summed E-state index contributed by atoms with van der Waals surface area (Å²) in [5.74, 6) is -2.33. The molecule has 1 atom stereocenters. The maximum atomic E-state index is 13.2. The van der Waals surface area contributed by atoms with E-state index < -0.39 is 5.92 Å². The molecule has 2 nitrogen and oxygen atoms in total. The first-order valence-corrected chi connectivity index (χ1v) is 6.93. The van der Waals surface area contributed by atoms with Crippen molar-refractivity contribution in [2.24, 2.45) is 5.92 Å². The van der Waals surface area contributed by atoms with E-state index in [1.54, 1.807) is 11.3 Å². The van der Waals surface area contributed by atoms with Crippen molar-refractivity contribution in [3.05, 3.63) is 16.1 Å². The van der Waals surface area contributed by atoms with Gasteiger partial charge in [0.2, 0.25) is 5.92 Å². The first-order valence-electron chi connectivity index (χ1n) is 6.05. The molecule has 1 saturated carbocycles. The van der Waals surface area contributed by atoms with Gasteiger partial charge in [-0.25, -0.2) is 13.8 Å². The Kier molecular flexibility index (Phi) is 4.09. The maximum absolute atomic E-state index is 13.2. The molecule has 0 spiro atoms. The van der Waals surface area contributed by atoms with Crippen molar-refractivity contribution in [3.63, 3.8) is 0 Å². The van der Waals surface area contributed by atoms with Crippen molar-refractivity contribution >= 4 is 11.3 Å². The summed E-state index contributed by atoms with van der Waals surface area (Å²) in [5, 5.41) is 6.29. The van der Waals surface area contributed by atoms with Crippen LogP contribution in [0.2, 0.25) is 0 Å². The number of hydrogen-bond acceptors (Lipinski definition) is 3. The van der Waals surface area contributed by atoms with E-state index in [1.165, 1.54) is 0 Å². The fraction of sp³-hybridized carbons (Fsp3) is 0.750. The lowest BCUT2D eigenvalue weighted by molar-refractivity contribution is -0.0520. The summed E-state index contributed by atoms with van der Waals surface area (Å²) < 4.78 is 26.3. The number of hydrogen-bond donors (Lipinski definition) is 1. The van der Waals surface area contributed by atoms with Gasteiger partial charge in [-0.1, -0.05) is 0 Å². The number of alkyl halides is 2. The minimum Gasteiger partial charge on any atom is -0.311 e. The van der Waals surface area contributed by atoms with Crippen LogP contribution in [0.4, 0.5) is 8.78 Å². The average molecular weight is 260 g/mol. The molecule has 0 saturated heterocycles. The van der Waals surface area contributed by atoms with Crippen LogP contribution in [0, 0.1) is 12.8 Å². The van der Waals surface area contributed by atoms with Gasteiger partial charge in [0.05, 0.1) is 10.7 Å². The molecule has 1 aliphatic carbocycles. The van der Waals surface area contributed by atoms with E-state index in [1.807, 2.05) is 12.3 Å². The molecule has 96 valence electrons. The summed E-state index contributed by atoms with van der Waals surface area (Å²) in [4.78, 5) is 4.33. The third-order valence-corrected chi connectivity index (χ3v) is 3.97. The summed E-state index contributed by atoms with van der Waals surface area (Å²) in [7, 11) is 0. The molecule has 1 unspecified atom stereocenters. The van der Waals surface area contributed by atoms with Gasteiger partial charge in [-0.15, -0.1) is 11.3 Å². The number of aromatic nitrogens is 1. The maximum Gasteiger partial charge on any atom is 0.248 e. The van der Waals surface area contributed by atoms with Crippen LogP contribution >= 0.6 is 11.3 Å². The molecule has 1 fully saturated rings. The Morgan fingerprint density at radius 2 is 2.41 bits per heavy atom. The van der Waals surface area contributed by atoms with E-state index in [0.29, 0.717) is 19.5 Å². The lowest BCUT2D eigenvalue weighted by Gasteiger charge is -2.28. The highest BCUT2D eigenvalue weighted by molar-refractivity contribution is 7.09. The molecule has 1 aromatic rings. The Hall–Kier alpha value is -0.550. The molecule has 0 aromatic carbocycles. The summed E-state index contributed by atoms with van der Waals surface area (Å²) >= 11 is 1.62. The standard InChI is InChI=1S/C12H18F2N2S/c1-9-16-11(8-17-9)7-15-6-10-3-2-4-12(13,14)5-10/h8,10,15H,2-7H2,1H3. The first kappa shape index (κ1) is 12.9. The molecule has 1 aromatic heterocycles. The number of aryl methyl sites for hydroxylation is 1. The second kappa shape index (κ2) is 5.40. The highest BCUT2D eigenvalue weighted by Gasteiger charge is 2.35. The fourth-order valence-corrected chi connectivity index (χ4v) is 2.96. The normalized spacial score (nSPS) is 23.8. The summed E-state index contributed by atoms with van der Waals surface area (Å²) in [6.45, 7) is 3.33. The smallest absolute Gasteiger partial charge is 0.248 e. The number of thiazole rings is 1. The molecule has 0 radical (unpaired) electrons. The fourth-order valence-electron chi connectivity index (χ4n) is 2.34. The predicted molar refractivity (Wildman–Crippen MR) is 65.5 cm³/mol. The zero-order chi connectivity index (χ0) is 12.3. The van der Waals surface area contributed by atoms with Gasteiger partial charge < -0.3 is 5.32 Å². The lowest BCUT2D eigenvalue weighted by atomic mass is 9.86. The Labute approximate surface area is 104 Å². The molecule has 1 aliphatic rings. The van der Waals surface area contributed by atoms with Crippen molar-refractivity contribution in [2.45, 2.75) is 45.1 Å². The summed E-state index contributed by atoms with van der Waals surface area (Å²) in [5.41, 5.74) is 1.01. The van der Waals surface area contributed by atoms with Gasteiger partial charge in [0.25, 0.3) is 0 Å². The van der Waals surface area contributed by atoms with E-state index in [9.17, 15) is 8.78 Å². The molecule has 1 heterocycles. The van der Waals surface area contributed by atoms with Gasteiger partial charge in [0.15, 0.2) is 0 Å². The number of nitrogens with zero attached hydrogens (tertiary/aromatic N) is 1.